The number of likely N-dealkylation sites (N-methyl/N-ethyl adjacent to an activating group) is 1. The van der Waals surface area contributed by atoms with Gasteiger partial charge >= 0.3 is 0 Å². The van der Waals surface area contributed by atoms with Gasteiger partial charge in [0.05, 0.1) is 5.70 Å². The molecule has 0 amide bonds. The first kappa shape index (κ1) is 7.95. The van der Waals surface area contributed by atoms with Gasteiger partial charge in [-0.25, -0.2) is 0 Å². The Labute approximate surface area is 55.3 Å². The number of hydrogen-bond donors (Lipinski definition) is 1. The second-order valence-corrected chi connectivity index (χ2v) is 1.62. The monoisotopic (exact) mass is 125 g/mol. The van der Waals surface area contributed by atoms with E-state index in [1.54, 1.807) is 19.2 Å². The number of Topliss-reactive ketones (excluding diaryl/α,β-unsaturated/α-hetero) is 1. The van der Waals surface area contributed by atoms with Crippen LogP contribution in [-0.4, -0.2) is 12.8 Å². The highest BCUT2D eigenvalue weighted by atomic mass is 16.1. The molecule has 0 saturated heterocycles. The topological polar surface area (TPSA) is 29.1 Å². The van der Waals surface area contributed by atoms with E-state index >= 15 is 0 Å². The number of nitrogens with one attached hydrogen (secondary N) is 1. The molecule has 0 aliphatic heterocycles. The fraction of sp³-hybridized carbons (Fsp3) is 0.286. The highest BCUT2D eigenvalue weighted by molar-refractivity contribution is 5.92. The summed E-state index contributed by atoms with van der Waals surface area (Å²) in [6.07, 6.45) is 3.22. The Morgan fingerprint density at radius 3 is 2.33 bits per heavy atom. The van der Waals surface area contributed by atoms with Crippen molar-refractivity contribution < 1.29 is 4.79 Å². The van der Waals surface area contributed by atoms with E-state index in [-0.39, 0.29) is 5.78 Å². The van der Waals surface area contributed by atoms with Crippen LogP contribution in [0.1, 0.15) is 6.92 Å². The van der Waals surface area contributed by atoms with Crippen LogP contribution in [0.4, 0.5) is 0 Å². The lowest BCUT2D eigenvalue weighted by Gasteiger charge is -1.97. The summed E-state index contributed by atoms with van der Waals surface area (Å²) in [5.41, 5.74) is 0.588. The van der Waals surface area contributed by atoms with Crippen LogP contribution < -0.4 is 5.32 Å². The standard InChI is InChI=1S/C7H11NO/c1-4-5-7(8-3)6(2)9/h4-5,8H,1H2,2-3H3. The largest absolute Gasteiger partial charge is 0.385 e. The quantitative estimate of drug-likeness (QED) is 0.448. The second kappa shape index (κ2) is 3.89. The van der Waals surface area contributed by atoms with Gasteiger partial charge in [0.2, 0.25) is 0 Å². The Balaban J connectivity index is 4.14. The van der Waals surface area contributed by atoms with Crippen molar-refractivity contribution in [2.24, 2.45) is 0 Å². The van der Waals surface area contributed by atoms with Crippen molar-refractivity contribution in [1.29, 1.82) is 0 Å². The smallest absolute Gasteiger partial charge is 0.175 e. The van der Waals surface area contributed by atoms with Gasteiger partial charge in [0.1, 0.15) is 0 Å². The molecule has 0 aromatic carbocycles. The molecule has 0 aromatic heterocycles. The highest BCUT2D eigenvalue weighted by Crippen LogP contribution is 1.88. The third-order valence-corrected chi connectivity index (χ3v) is 0.933. The lowest BCUT2D eigenvalue weighted by Crippen LogP contribution is -2.12. The highest BCUT2D eigenvalue weighted by Gasteiger charge is 1.95. The van der Waals surface area contributed by atoms with Crippen LogP contribution in [0.5, 0.6) is 0 Å². The van der Waals surface area contributed by atoms with Crippen LogP contribution in [0.3, 0.4) is 0 Å². The van der Waals surface area contributed by atoms with E-state index in [1.807, 2.05) is 0 Å². The molecule has 2 nitrogen and oxygen atoms in total. The number of hydrogen-bond acceptors (Lipinski definition) is 2. The SMILES string of the molecule is C=CC=C(NC)C(C)=O. The van der Waals surface area contributed by atoms with E-state index in [0.29, 0.717) is 5.70 Å². The summed E-state index contributed by atoms with van der Waals surface area (Å²) in [6.45, 7) is 4.97. The maximum atomic E-state index is 10.6. The first-order chi connectivity index (χ1) is 4.22. The van der Waals surface area contributed by atoms with Gasteiger partial charge in [-0.05, 0) is 6.08 Å². The van der Waals surface area contributed by atoms with Crippen LogP contribution in [0, 0.1) is 0 Å². The summed E-state index contributed by atoms with van der Waals surface area (Å²) in [5, 5.41) is 2.74. The van der Waals surface area contributed by atoms with E-state index in [9.17, 15) is 4.79 Å². The van der Waals surface area contributed by atoms with Crippen molar-refractivity contribution in [3.63, 3.8) is 0 Å². The van der Waals surface area contributed by atoms with E-state index in [4.69, 9.17) is 0 Å². The van der Waals surface area contributed by atoms with E-state index in [1.165, 1.54) is 6.92 Å². The normalized spacial score (nSPS) is 10.7. The summed E-state index contributed by atoms with van der Waals surface area (Å²) >= 11 is 0. The summed E-state index contributed by atoms with van der Waals surface area (Å²) in [7, 11) is 1.71. The molecule has 0 bridgehead atoms. The maximum absolute atomic E-state index is 10.6. The van der Waals surface area contributed by atoms with Crippen LogP contribution in [0.25, 0.3) is 0 Å². The average molecular weight is 125 g/mol. The minimum Gasteiger partial charge on any atom is -0.385 e. The summed E-state index contributed by atoms with van der Waals surface area (Å²) in [4.78, 5) is 10.6. The van der Waals surface area contributed by atoms with Gasteiger partial charge in [0.15, 0.2) is 5.78 Å². The van der Waals surface area contributed by atoms with Crippen LogP contribution in [0.15, 0.2) is 24.4 Å². The van der Waals surface area contributed by atoms with Crippen LogP contribution >= 0.6 is 0 Å². The molecular weight excluding hydrogens is 114 g/mol. The number of rotatable bonds is 3. The zero-order chi connectivity index (χ0) is 7.28. The van der Waals surface area contributed by atoms with Crippen molar-refractivity contribution in [1.82, 2.24) is 5.32 Å². The third-order valence-electron chi connectivity index (χ3n) is 0.933. The predicted octanol–water partition coefficient (Wildman–Crippen LogP) is 0.865. The molecule has 0 aromatic rings. The molecule has 0 spiro atoms. The number of allylic oxidation sites excluding steroid dienone is 3. The molecule has 0 fully saturated rings. The molecule has 0 unspecified atom stereocenters. The summed E-state index contributed by atoms with van der Waals surface area (Å²) < 4.78 is 0. The molecule has 0 saturated carbocycles. The Hall–Kier alpha value is -1.05. The first-order valence-electron chi connectivity index (χ1n) is 2.73. The molecule has 0 rings (SSSR count). The Morgan fingerprint density at radius 2 is 2.22 bits per heavy atom. The van der Waals surface area contributed by atoms with Crippen molar-refractivity contribution in [2.45, 2.75) is 6.92 Å². The molecule has 1 N–H and O–H groups in total. The molecule has 2 heteroatoms. The zero-order valence-corrected chi connectivity index (χ0v) is 5.77. The molecule has 0 aliphatic carbocycles. The van der Waals surface area contributed by atoms with Gasteiger partial charge in [-0.2, -0.15) is 0 Å². The average Bonchev–Trinajstić information content (AvgIpc) is 1.82. The van der Waals surface area contributed by atoms with Gasteiger partial charge in [0, 0.05) is 14.0 Å². The van der Waals surface area contributed by atoms with E-state index in [0.717, 1.165) is 0 Å². The van der Waals surface area contributed by atoms with Crippen LogP contribution in [-0.2, 0) is 4.79 Å². The fourth-order valence-electron chi connectivity index (χ4n) is 0.495. The van der Waals surface area contributed by atoms with Crippen molar-refractivity contribution in [3.05, 3.63) is 24.4 Å². The van der Waals surface area contributed by atoms with Gasteiger partial charge in [-0.3, -0.25) is 4.79 Å². The van der Waals surface area contributed by atoms with Gasteiger partial charge in [-0.1, -0.05) is 12.7 Å². The predicted molar refractivity (Wildman–Crippen MR) is 38.0 cm³/mol. The molecule has 9 heavy (non-hydrogen) atoms. The first-order valence-corrected chi connectivity index (χ1v) is 2.73. The third kappa shape index (κ3) is 2.69. The molecule has 50 valence electrons. The fourth-order valence-corrected chi connectivity index (χ4v) is 0.495. The number of carbonyl (C=O) groups is 1. The minimum absolute atomic E-state index is 0.0254. The lowest BCUT2D eigenvalue weighted by molar-refractivity contribution is -0.113. The minimum atomic E-state index is 0.0254. The molecule has 0 atom stereocenters. The van der Waals surface area contributed by atoms with Gasteiger partial charge in [-0.15, -0.1) is 0 Å². The number of ketones is 1. The van der Waals surface area contributed by atoms with Crippen molar-refractivity contribution >= 4 is 5.78 Å². The van der Waals surface area contributed by atoms with E-state index in [2.05, 4.69) is 11.9 Å². The number of carbonyl (C=O) groups excluding carboxylic acids is 1. The molecule has 0 radical (unpaired) electrons. The van der Waals surface area contributed by atoms with E-state index < -0.39 is 0 Å². The van der Waals surface area contributed by atoms with Crippen molar-refractivity contribution in [2.75, 3.05) is 7.05 Å². The zero-order valence-electron chi connectivity index (χ0n) is 5.77. The van der Waals surface area contributed by atoms with Crippen molar-refractivity contribution in [3.8, 4) is 0 Å². The Kier molecular flexibility index (Phi) is 3.44. The molecule has 0 aliphatic rings. The molecule has 0 heterocycles. The summed E-state index contributed by atoms with van der Waals surface area (Å²) in [5.74, 6) is 0.0254. The van der Waals surface area contributed by atoms with Gasteiger partial charge < -0.3 is 5.32 Å². The Morgan fingerprint density at radius 1 is 1.67 bits per heavy atom. The maximum Gasteiger partial charge on any atom is 0.175 e. The Bertz CT molecular complexity index is 147. The lowest BCUT2D eigenvalue weighted by atomic mass is 10.3. The van der Waals surface area contributed by atoms with Crippen LogP contribution in [0.2, 0.25) is 0 Å². The molecular formula is C7H11NO. The summed E-state index contributed by atoms with van der Waals surface area (Å²) in [6, 6.07) is 0. The van der Waals surface area contributed by atoms with Gasteiger partial charge in [0.25, 0.3) is 0 Å². The second-order valence-electron chi connectivity index (χ2n) is 1.62.